The molecule has 47 heavy (non-hydrogen) atoms. The molecule has 0 bridgehead atoms. The van der Waals surface area contributed by atoms with Gasteiger partial charge >= 0.3 is 12.1 Å². The number of aromatic nitrogens is 3. The number of carbonyl (C=O) groups excluding carboxylic acids is 5. The lowest BCUT2D eigenvalue weighted by Gasteiger charge is -2.36. The van der Waals surface area contributed by atoms with Crippen LogP contribution in [0.5, 0.6) is 5.75 Å². The fourth-order valence-electron chi connectivity index (χ4n) is 5.68. The van der Waals surface area contributed by atoms with Gasteiger partial charge in [0.05, 0.1) is 25.4 Å². The maximum Gasteiger partial charge on any atom is 0.436 e. The minimum Gasteiger partial charge on any atom is -0.496 e. The van der Waals surface area contributed by atoms with Gasteiger partial charge in [-0.3, -0.25) is 23.9 Å². The number of Topliss-reactive ketones (excluding diaryl/α,β-unsaturated/α-hetero) is 1. The van der Waals surface area contributed by atoms with Gasteiger partial charge in [-0.25, -0.2) is 4.79 Å². The number of nitrogens with one attached hydrogen (secondary N) is 3. The van der Waals surface area contributed by atoms with Gasteiger partial charge in [0.15, 0.2) is 18.1 Å². The zero-order valence-corrected chi connectivity index (χ0v) is 26.6. The molecule has 2 aromatic heterocycles. The van der Waals surface area contributed by atoms with Gasteiger partial charge < -0.3 is 30.0 Å². The number of hydrogen-bond acceptors (Lipinski definition) is 8. The molecule has 3 N–H and O–H groups in total. The number of aromatic amines is 1. The lowest BCUT2D eigenvalue weighted by Crippen LogP contribution is -2.54. The maximum absolute atomic E-state index is 13.7. The number of amides is 3. The largest absolute Gasteiger partial charge is 0.496 e. The van der Waals surface area contributed by atoms with Crippen molar-refractivity contribution in [1.82, 2.24) is 30.3 Å². The van der Waals surface area contributed by atoms with Crippen molar-refractivity contribution in [3.05, 3.63) is 46.9 Å². The molecule has 0 saturated carbocycles. The minimum absolute atomic E-state index is 0.117. The number of hydrogen-bond donors (Lipinski definition) is 3. The molecule has 1 aliphatic heterocycles. The van der Waals surface area contributed by atoms with E-state index in [-0.39, 0.29) is 23.7 Å². The van der Waals surface area contributed by atoms with Crippen molar-refractivity contribution < 1.29 is 46.6 Å². The first-order valence-electron chi connectivity index (χ1n) is 15.0. The number of fused-ring (bicyclic) bond motifs is 1. The summed E-state index contributed by atoms with van der Waals surface area (Å²) in [6, 6.07) is 4.89. The van der Waals surface area contributed by atoms with E-state index in [0.29, 0.717) is 36.0 Å². The lowest BCUT2D eigenvalue weighted by molar-refractivity contribution is -0.144. The number of alkyl halides is 3. The molecule has 16 heteroatoms. The topological polar surface area (TPSA) is 165 Å². The van der Waals surface area contributed by atoms with Crippen molar-refractivity contribution in [2.24, 2.45) is 13.0 Å². The molecule has 13 nitrogen and oxygen atoms in total. The highest BCUT2D eigenvalue weighted by atomic mass is 19.4. The molecule has 1 aliphatic rings. The molecule has 0 unspecified atom stereocenters. The summed E-state index contributed by atoms with van der Waals surface area (Å²) >= 11 is 0. The normalized spacial score (nSPS) is 15.7. The van der Waals surface area contributed by atoms with Gasteiger partial charge in [-0.15, -0.1) is 0 Å². The molecule has 3 amide bonds. The summed E-state index contributed by atoms with van der Waals surface area (Å²) in [5.74, 6) is -3.90. The summed E-state index contributed by atoms with van der Waals surface area (Å²) in [6.07, 6.45) is -4.01. The molecule has 1 aromatic carbocycles. The molecule has 1 saturated heterocycles. The van der Waals surface area contributed by atoms with Crippen molar-refractivity contribution in [2.45, 2.75) is 58.3 Å². The van der Waals surface area contributed by atoms with Crippen LogP contribution in [0.25, 0.3) is 10.9 Å². The minimum atomic E-state index is -4.95. The fourth-order valence-corrected chi connectivity index (χ4v) is 5.68. The van der Waals surface area contributed by atoms with Crippen molar-refractivity contribution in [1.29, 1.82) is 0 Å². The van der Waals surface area contributed by atoms with Crippen LogP contribution in [-0.4, -0.2) is 88.0 Å². The second kappa shape index (κ2) is 14.3. The molecule has 0 aliphatic carbocycles. The molecule has 0 radical (unpaired) electrons. The van der Waals surface area contributed by atoms with Gasteiger partial charge in [0.1, 0.15) is 17.0 Å². The first-order valence-corrected chi connectivity index (χ1v) is 15.0. The fraction of sp³-hybridized carbons (Fsp3) is 0.484. The van der Waals surface area contributed by atoms with Gasteiger partial charge in [0, 0.05) is 36.5 Å². The molecule has 4 rings (SSSR count). The van der Waals surface area contributed by atoms with E-state index in [2.05, 4.69) is 20.7 Å². The molecule has 0 spiro atoms. The van der Waals surface area contributed by atoms with Crippen LogP contribution in [0.15, 0.2) is 24.3 Å². The average molecular weight is 663 g/mol. The van der Waals surface area contributed by atoms with E-state index in [1.807, 2.05) is 0 Å². The summed E-state index contributed by atoms with van der Waals surface area (Å²) in [5.41, 5.74) is -1.60. The molecule has 3 aromatic rings. The van der Waals surface area contributed by atoms with E-state index in [4.69, 9.17) is 9.47 Å². The van der Waals surface area contributed by atoms with Gasteiger partial charge in [0.2, 0.25) is 11.8 Å². The quantitative estimate of drug-likeness (QED) is 0.249. The number of esters is 1. The molecule has 1 fully saturated rings. The second-order valence-corrected chi connectivity index (χ2v) is 11.5. The van der Waals surface area contributed by atoms with Crippen LogP contribution in [0.1, 0.15) is 65.3 Å². The Balaban J connectivity index is 1.53. The highest BCUT2D eigenvalue weighted by Crippen LogP contribution is 2.33. The third-order valence-electron chi connectivity index (χ3n) is 8.10. The summed E-state index contributed by atoms with van der Waals surface area (Å²) in [6.45, 7) is 3.48. The summed E-state index contributed by atoms with van der Waals surface area (Å²) in [7, 11) is 2.73. The maximum atomic E-state index is 13.7. The number of nitrogens with zero attached hydrogens (tertiary/aromatic N) is 3. The van der Waals surface area contributed by atoms with Gasteiger partial charge in [-0.2, -0.15) is 18.3 Å². The monoisotopic (exact) mass is 662 g/mol. The number of piperidine rings is 1. The van der Waals surface area contributed by atoms with E-state index >= 15 is 0 Å². The number of methoxy groups -OCH3 is 1. The Morgan fingerprint density at radius 1 is 1.21 bits per heavy atom. The van der Waals surface area contributed by atoms with Crippen molar-refractivity contribution in [3.63, 3.8) is 0 Å². The Labute approximate surface area is 268 Å². The van der Waals surface area contributed by atoms with E-state index < -0.39 is 72.2 Å². The van der Waals surface area contributed by atoms with Gasteiger partial charge in [0.25, 0.3) is 5.91 Å². The van der Waals surface area contributed by atoms with Crippen LogP contribution in [0.4, 0.5) is 13.2 Å². The van der Waals surface area contributed by atoms with Crippen molar-refractivity contribution in [3.8, 4) is 5.75 Å². The molecule has 3 heterocycles. The van der Waals surface area contributed by atoms with Crippen molar-refractivity contribution >= 4 is 40.4 Å². The SMILES string of the molecule is COc1cccc2[nH]c(C(=O)NCC(=O)N(C(C)C)[C@@H](C[C@@H]3CCCNC3=O)C(=O)COC(=O)c3c(C(F)(F)F)nn(C)c3C)cc12. The molecular weight excluding hydrogens is 625 g/mol. The highest BCUT2D eigenvalue weighted by Gasteiger charge is 2.42. The lowest BCUT2D eigenvalue weighted by atomic mass is 9.89. The number of halogens is 3. The zero-order chi connectivity index (χ0) is 34.6. The smallest absolute Gasteiger partial charge is 0.436 e. The number of aryl methyl sites for hydroxylation is 1. The van der Waals surface area contributed by atoms with E-state index in [1.165, 1.54) is 26.0 Å². The molecular formula is C31H37F3N6O7. The summed E-state index contributed by atoms with van der Waals surface area (Å²) in [5, 5.41) is 9.30. The first-order chi connectivity index (χ1) is 22.1. The van der Waals surface area contributed by atoms with Gasteiger partial charge in [-0.1, -0.05) is 6.07 Å². The Bertz CT molecular complexity index is 1680. The van der Waals surface area contributed by atoms with Gasteiger partial charge in [-0.05, 0) is 58.2 Å². The number of carbonyl (C=O) groups is 5. The standard InChI is InChI=1S/C31H37F3N6O7/c1-16(2)40(25(42)14-36-29(44)21-13-19-20(37-21)9-6-10-24(19)46-5)22(12-18-8-7-11-35-28(18)43)23(41)15-47-30(45)26-17(3)39(4)38-27(26)31(32,33)34/h6,9-10,13,16,18,22,37H,7-8,11-12,14-15H2,1-5H3,(H,35,43)(H,36,44)/t18-,22-/m0/s1. The van der Waals surface area contributed by atoms with Crippen LogP contribution in [0.3, 0.4) is 0 Å². The van der Waals surface area contributed by atoms with E-state index in [9.17, 15) is 37.1 Å². The Morgan fingerprint density at radius 3 is 2.57 bits per heavy atom. The third-order valence-corrected chi connectivity index (χ3v) is 8.10. The van der Waals surface area contributed by atoms with Crippen LogP contribution in [0.2, 0.25) is 0 Å². The highest BCUT2D eigenvalue weighted by molar-refractivity contribution is 6.01. The predicted octanol–water partition coefficient (Wildman–Crippen LogP) is 2.92. The number of ether oxygens (including phenoxy) is 2. The van der Waals surface area contributed by atoms with E-state index in [0.717, 1.165) is 4.68 Å². The number of H-pyrrole nitrogens is 1. The average Bonchev–Trinajstić information content (AvgIpc) is 3.59. The van der Waals surface area contributed by atoms with Crippen LogP contribution < -0.4 is 15.4 Å². The Hall–Kier alpha value is -4.89. The zero-order valence-electron chi connectivity index (χ0n) is 26.6. The summed E-state index contributed by atoms with van der Waals surface area (Å²) < 4.78 is 52.0. The Kier molecular flexibility index (Phi) is 10.6. The van der Waals surface area contributed by atoms with Crippen molar-refractivity contribution in [2.75, 3.05) is 26.8 Å². The molecule has 2 atom stereocenters. The number of benzene rings is 1. The first kappa shape index (κ1) is 35.0. The number of ketones is 1. The van der Waals surface area contributed by atoms with E-state index in [1.54, 1.807) is 38.1 Å². The Morgan fingerprint density at radius 2 is 1.94 bits per heavy atom. The number of rotatable bonds is 12. The summed E-state index contributed by atoms with van der Waals surface area (Å²) in [4.78, 5) is 69.9. The second-order valence-electron chi connectivity index (χ2n) is 11.5. The predicted molar refractivity (Wildman–Crippen MR) is 162 cm³/mol. The molecule has 254 valence electrons. The third kappa shape index (κ3) is 7.74. The van der Waals surface area contributed by atoms with Crippen LogP contribution in [0, 0.1) is 12.8 Å². The van der Waals surface area contributed by atoms with Crippen LogP contribution >= 0.6 is 0 Å². The van der Waals surface area contributed by atoms with Crippen LogP contribution in [-0.2, 0) is 32.3 Å².